The Kier molecular flexibility index (Phi) is 6.45. The van der Waals surface area contributed by atoms with E-state index in [1.165, 1.54) is 0 Å². The molecule has 4 heteroatoms. The van der Waals surface area contributed by atoms with Crippen molar-refractivity contribution < 1.29 is 19.3 Å². The number of aliphatic hydroxyl groups excluding tert-OH is 1. The Morgan fingerprint density at radius 1 is 1.18 bits per heavy atom. The van der Waals surface area contributed by atoms with Gasteiger partial charge in [-0.1, -0.05) is 0 Å². The Hall–Kier alpha value is -0.160. The van der Waals surface area contributed by atoms with E-state index in [1.807, 2.05) is 0 Å². The molecule has 0 amide bonds. The lowest BCUT2D eigenvalue weighted by molar-refractivity contribution is -0.145. The molecule has 0 aliphatic heterocycles. The molecule has 0 rings (SSSR count). The van der Waals surface area contributed by atoms with Crippen LogP contribution in [0.4, 0.5) is 0 Å². The van der Waals surface area contributed by atoms with Crippen molar-refractivity contribution >= 4 is 0 Å². The van der Waals surface area contributed by atoms with E-state index in [0.717, 1.165) is 0 Å². The maximum atomic E-state index is 8.80. The number of methoxy groups -OCH3 is 2. The van der Waals surface area contributed by atoms with Crippen LogP contribution in [0.3, 0.4) is 0 Å². The Labute approximate surface area is 67.1 Å². The summed E-state index contributed by atoms with van der Waals surface area (Å²) < 4.78 is 14.7. The van der Waals surface area contributed by atoms with E-state index in [4.69, 9.17) is 19.3 Å². The second kappa shape index (κ2) is 6.54. The molecule has 1 N–H and O–H groups in total. The van der Waals surface area contributed by atoms with E-state index in [0.29, 0.717) is 13.2 Å². The van der Waals surface area contributed by atoms with Crippen molar-refractivity contribution in [1.82, 2.24) is 0 Å². The normalized spacial score (nSPS) is 13.9. The van der Waals surface area contributed by atoms with Crippen molar-refractivity contribution in [1.29, 1.82) is 0 Å². The van der Waals surface area contributed by atoms with Gasteiger partial charge in [-0.05, 0) is 6.92 Å². The van der Waals surface area contributed by atoms with Gasteiger partial charge in [0.2, 0.25) is 0 Å². The predicted octanol–water partition coefficient (Wildman–Crippen LogP) is 0.00270. The van der Waals surface area contributed by atoms with Crippen LogP contribution in [0, 0.1) is 0 Å². The molecule has 0 fully saturated rings. The van der Waals surface area contributed by atoms with Crippen molar-refractivity contribution in [3.8, 4) is 0 Å². The molecule has 0 saturated heterocycles. The molecule has 0 bridgehead atoms. The third kappa shape index (κ3) is 6.25. The first kappa shape index (κ1) is 10.8. The average Bonchev–Trinajstić information content (AvgIpc) is 1.98. The highest BCUT2D eigenvalue weighted by Crippen LogP contribution is 1.92. The van der Waals surface area contributed by atoms with Crippen molar-refractivity contribution in [2.75, 3.05) is 27.4 Å². The fraction of sp³-hybridized carbons (Fsp3) is 1.00. The average molecular weight is 164 g/mol. The lowest BCUT2D eigenvalue weighted by Gasteiger charge is -2.13. The summed E-state index contributed by atoms with van der Waals surface area (Å²) in [6, 6.07) is 0. The summed E-state index contributed by atoms with van der Waals surface area (Å²) >= 11 is 0. The van der Waals surface area contributed by atoms with Gasteiger partial charge < -0.3 is 19.3 Å². The number of hydrogen-bond donors (Lipinski definition) is 1. The van der Waals surface area contributed by atoms with Crippen molar-refractivity contribution in [3.63, 3.8) is 0 Å². The molecule has 0 radical (unpaired) electrons. The van der Waals surface area contributed by atoms with Crippen molar-refractivity contribution in [2.24, 2.45) is 0 Å². The largest absolute Gasteiger partial charge is 0.391 e. The van der Waals surface area contributed by atoms with Gasteiger partial charge in [-0.2, -0.15) is 0 Å². The predicted molar refractivity (Wildman–Crippen MR) is 40.3 cm³/mol. The molecule has 0 aliphatic carbocycles. The SMILES string of the molecule is COC(COCC(C)O)OC. The fourth-order valence-electron chi connectivity index (χ4n) is 0.567. The summed E-state index contributed by atoms with van der Waals surface area (Å²) in [4.78, 5) is 0. The summed E-state index contributed by atoms with van der Waals surface area (Å²) in [5, 5.41) is 8.80. The van der Waals surface area contributed by atoms with E-state index in [2.05, 4.69) is 0 Å². The Morgan fingerprint density at radius 3 is 2.09 bits per heavy atom. The maximum Gasteiger partial charge on any atom is 0.180 e. The van der Waals surface area contributed by atoms with Gasteiger partial charge >= 0.3 is 0 Å². The highest BCUT2D eigenvalue weighted by atomic mass is 16.7. The third-order valence-corrected chi connectivity index (χ3v) is 1.14. The minimum atomic E-state index is -0.440. The lowest BCUT2D eigenvalue weighted by atomic mass is 10.4. The second-order valence-electron chi connectivity index (χ2n) is 2.29. The molecular formula is C7H16O4. The molecular weight excluding hydrogens is 148 g/mol. The van der Waals surface area contributed by atoms with E-state index in [1.54, 1.807) is 21.1 Å². The topological polar surface area (TPSA) is 47.9 Å². The maximum absolute atomic E-state index is 8.80. The number of hydrogen-bond acceptors (Lipinski definition) is 4. The number of aliphatic hydroxyl groups is 1. The van der Waals surface area contributed by atoms with Crippen molar-refractivity contribution in [3.05, 3.63) is 0 Å². The Morgan fingerprint density at radius 2 is 1.73 bits per heavy atom. The van der Waals surface area contributed by atoms with Crippen LogP contribution in [0.2, 0.25) is 0 Å². The molecule has 0 saturated carbocycles. The first-order valence-electron chi connectivity index (χ1n) is 3.52. The molecule has 0 aromatic carbocycles. The zero-order valence-corrected chi connectivity index (χ0v) is 7.24. The summed E-state index contributed by atoms with van der Waals surface area (Å²) in [6.45, 7) is 2.32. The van der Waals surface area contributed by atoms with Gasteiger partial charge in [0.1, 0.15) is 0 Å². The van der Waals surface area contributed by atoms with Crippen LogP contribution < -0.4 is 0 Å². The minimum Gasteiger partial charge on any atom is -0.391 e. The molecule has 0 aromatic heterocycles. The van der Waals surface area contributed by atoms with Crippen LogP contribution in [-0.2, 0) is 14.2 Å². The molecule has 0 aromatic rings. The molecule has 0 spiro atoms. The Bertz CT molecular complexity index is 80.5. The quantitative estimate of drug-likeness (QED) is 0.561. The lowest BCUT2D eigenvalue weighted by Crippen LogP contribution is -2.23. The van der Waals surface area contributed by atoms with Gasteiger partial charge in [-0.3, -0.25) is 0 Å². The van der Waals surface area contributed by atoms with Gasteiger partial charge in [-0.15, -0.1) is 0 Å². The van der Waals surface area contributed by atoms with Crippen LogP contribution in [0.25, 0.3) is 0 Å². The smallest absolute Gasteiger partial charge is 0.180 e. The molecule has 1 atom stereocenters. The van der Waals surface area contributed by atoms with E-state index in [-0.39, 0.29) is 6.29 Å². The summed E-state index contributed by atoms with van der Waals surface area (Å²) in [5.41, 5.74) is 0. The van der Waals surface area contributed by atoms with Gasteiger partial charge in [0, 0.05) is 14.2 Å². The minimum absolute atomic E-state index is 0.309. The van der Waals surface area contributed by atoms with E-state index >= 15 is 0 Å². The summed E-state index contributed by atoms with van der Waals surface area (Å²) in [6.07, 6.45) is -0.780. The van der Waals surface area contributed by atoms with E-state index < -0.39 is 6.10 Å². The van der Waals surface area contributed by atoms with Crippen LogP contribution >= 0.6 is 0 Å². The van der Waals surface area contributed by atoms with Gasteiger partial charge in [0.05, 0.1) is 19.3 Å². The number of rotatable bonds is 6. The molecule has 68 valence electrons. The standard InChI is InChI=1S/C7H16O4/c1-6(8)4-11-5-7(9-2)10-3/h6-8H,4-5H2,1-3H3. The summed E-state index contributed by atoms with van der Waals surface area (Å²) in [5.74, 6) is 0. The second-order valence-corrected chi connectivity index (χ2v) is 2.29. The third-order valence-electron chi connectivity index (χ3n) is 1.14. The van der Waals surface area contributed by atoms with Crippen LogP contribution in [0.5, 0.6) is 0 Å². The van der Waals surface area contributed by atoms with Gasteiger partial charge in [0.15, 0.2) is 6.29 Å². The molecule has 0 aliphatic rings. The van der Waals surface area contributed by atoms with Crippen LogP contribution in [-0.4, -0.2) is 44.9 Å². The first-order chi connectivity index (χ1) is 5.20. The molecule has 11 heavy (non-hydrogen) atoms. The Balaban J connectivity index is 3.21. The van der Waals surface area contributed by atoms with Gasteiger partial charge in [-0.25, -0.2) is 0 Å². The molecule has 0 heterocycles. The zero-order valence-electron chi connectivity index (χ0n) is 7.24. The summed E-state index contributed by atoms with van der Waals surface area (Å²) in [7, 11) is 3.08. The first-order valence-corrected chi connectivity index (χ1v) is 3.52. The zero-order chi connectivity index (χ0) is 8.69. The monoisotopic (exact) mass is 164 g/mol. The van der Waals surface area contributed by atoms with Crippen molar-refractivity contribution in [2.45, 2.75) is 19.3 Å². The fourth-order valence-corrected chi connectivity index (χ4v) is 0.567. The van der Waals surface area contributed by atoms with Gasteiger partial charge in [0.25, 0.3) is 0 Å². The number of ether oxygens (including phenoxy) is 3. The molecule has 1 unspecified atom stereocenters. The van der Waals surface area contributed by atoms with Crippen LogP contribution in [0.15, 0.2) is 0 Å². The van der Waals surface area contributed by atoms with E-state index in [9.17, 15) is 0 Å². The highest BCUT2D eigenvalue weighted by molar-refractivity contribution is 4.43. The van der Waals surface area contributed by atoms with Crippen LogP contribution in [0.1, 0.15) is 6.92 Å². The molecule has 4 nitrogen and oxygen atoms in total. The highest BCUT2D eigenvalue weighted by Gasteiger charge is 2.04.